The van der Waals surface area contributed by atoms with Crippen molar-refractivity contribution in [2.75, 3.05) is 5.32 Å². The molecule has 0 amide bonds. The number of hydrogen-bond donors (Lipinski definition) is 1. The van der Waals surface area contributed by atoms with Crippen LogP contribution in [0.2, 0.25) is 0 Å². The summed E-state index contributed by atoms with van der Waals surface area (Å²) >= 11 is 3.50. The van der Waals surface area contributed by atoms with Crippen LogP contribution in [0.5, 0.6) is 0 Å². The molecule has 1 aromatic carbocycles. The fourth-order valence-corrected chi connectivity index (χ4v) is 2.22. The third kappa shape index (κ3) is 2.75. The molecule has 0 aliphatic carbocycles. The van der Waals surface area contributed by atoms with Crippen molar-refractivity contribution in [3.8, 4) is 0 Å². The Kier molecular flexibility index (Phi) is 3.94. The van der Waals surface area contributed by atoms with Gasteiger partial charge in [0.1, 0.15) is 0 Å². The molecule has 0 unspecified atom stereocenters. The topological polar surface area (TPSA) is 37.8 Å². The molecule has 0 saturated carbocycles. The first-order chi connectivity index (χ1) is 8.24. The highest BCUT2D eigenvalue weighted by atomic mass is 79.9. The van der Waals surface area contributed by atoms with Crippen LogP contribution in [0.15, 0.2) is 28.9 Å². The third-order valence-corrected chi connectivity index (χ3v) is 3.58. The highest BCUT2D eigenvalue weighted by molar-refractivity contribution is 9.10. The molecule has 2 aromatic rings. The molecule has 90 valence electrons. The van der Waals surface area contributed by atoms with Crippen molar-refractivity contribution in [1.82, 2.24) is 9.97 Å². The van der Waals surface area contributed by atoms with Gasteiger partial charge in [0.25, 0.3) is 0 Å². The standard InChI is InChI=1S/C13H16BrN3/c1-3-9(4-2)16-13-15-8-10-11(14)6-5-7-12(10)17-13/h5-9H,3-4H2,1-2H3,(H,15,16,17). The molecule has 0 saturated heterocycles. The van der Waals surface area contributed by atoms with Crippen molar-refractivity contribution < 1.29 is 0 Å². The Morgan fingerprint density at radius 3 is 2.76 bits per heavy atom. The van der Waals surface area contributed by atoms with Crippen LogP contribution in [0.25, 0.3) is 10.9 Å². The second-order valence-electron chi connectivity index (χ2n) is 4.02. The molecule has 0 aliphatic rings. The van der Waals surface area contributed by atoms with Crippen molar-refractivity contribution >= 4 is 32.8 Å². The molecule has 1 N–H and O–H groups in total. The molecule has 0 spiro atoms. The van der Waals surface area contributed by atoms with Crippen LogP contribution in [0, 0.1) is 0 Å². The molecule has 1 heterocycles. The van der Waals surface area contributed by atoms with Crippen LogP contribution >= 0.6 is 15.9 Å². The van der Waals surface area contributed by atoms with E-state index in [1.807, 2.05) is 24.4 Å². The first-order valence-corrected chi connectivity index (χ1v) is 6.71. The van der Waals surface area contributed by atoms with E-state index in [0.29, 0.717) is 12.0 Å². The Balaban J connectivity index is 2.32. The molecule has 0 atom stereocenters. The van der Waals surface area contributed by atoms with E-state index >= 15 is 0 Å². The lowest BCUT2D eigenvalue weighted by atomic mass is 10.2. The number of anilines is 1. The van der Waals surface area contributed by atoms with Gasteiger partial charge in [-0.1, -0.05) is 35.8 Å². The van der Waals surface area contributed by atoms with Gasteiger partial charge in [0.15, 0.2) is 0 Å². The molecule has 2 rings (SSSR count). The molecule has 17 heavy (non-hydrogen) atoms. The van der Waals surface area contributed by atoms with E-state index in [1.54, 1.807) is 0 Å². The van der Waals surface area contributed by atoms with E-state index in [4.69, 9.17) is 0 Å². The van der Waals surface area contributed by atoms with Gasteiger partial charge in [-0.2, -0.15) is 0 Å². The summed E-state index contributed by atoms with van der Waals surface area (Å²) in [7, 11) is 0. The van der Waals surface area contributed by atoms with E-state index in [0.717, 1.165) is 28.2 Å². The average Bonchev–Trinajstić information content (AvgIpc) is 2.36. The summed E-state index contributed by atoms with van der Waals surface area (Å²) in [5.74, 6) is 0.712. The molecule has 0 radical (unpaired) electrons. The molecule has 1 aromatic heterocycles. The summed E-state index contributed by atoms with van der Waals surface area (Å²) in [6.45, 7) is 4.33. The summed E-state index contributed by atoms with van der Waals surface area (Å²) in [6, 6.07) is 6.43. The van der Waals surface area contributed by atoms with Gasteiger partial charge in [0, 0.05) is 22.1 Å². The van der Waals surface area contributed by atoms with Crippen molar-refractivity contribution in [1.29, 1.82) is 0 Å². The second-order valence-corrected chi connectivity index (χ2v) is 4.88. The molecule has 0 aliphatic heterocycles. The average molecular weight is 294 g/mol. The number of nitrogens with zero attached hydrogens (tertiary/aromatic N) is 2. The summed E-state index contributed by atoms with van der Waals surface area (Å²) in [4.78, 5) is 8.87. The molecular formula is C13H16BrN3. The minimum Gasteiger partial charge on any atom is -0.351 e. The Labute approximate surface area is 110 Å². The van der Waals surface area contributed by atoms with Crippen LogP contribution in [-0.4, -0.2) is 16.0 Å². The Morgan fingerprint density at radius 1 is 1.29 bits per heavy atom. The maximum Gasteiger partial charge on any atom is 0.223 e. The number of nitrogens with one attached hydrogen (secondary N) is 1. The lowest BCUT2D eigenvalue weighted by Gasteiger charge is -2.14. The molecule has 3 nitrogen and oxygen atoms in total. The quantitative estimate of drug-likeness (QED) is 0.926. The summed E-state index contributed by atoms with van der Waals surface area (Å²) in [5.41, 5.74) is 0.961. The van der Waals surface area contributed by atoms with Gasteiger partial charge >= 0.3 is 0 Å². The highest BCUT2D eigenvalue weighted by Crippen LogP contribution is 2.22. The minimum absolute atomic E-state index is 0.444. The van der Waals surface area contributed by atoms with E-state index in [1.165, 1.54) is 0 Å². The van der Waals surface area contributed by atoms with Crippen LogP contribution in [0.4, 0.5) is 5.95 Å². The fourth-order valence-electron chi connectivity index (χ4n) is 1.76. The van der Waals surface area contributed by atoms with Gasteiger partial charge in [0.2, 0.25) is 5.95 Å². The maximum absolute atomic E-state index is 4.52. The Morgan fingerprint density at radius 2 is 2.06 bits per heavy atom. The monoisotopic (exact) mass is 293 g/mol. The van der Waals surface area contributed by atoms with Gasteiger partial charge in [-0.25, -0.2) is 9.97 Å². The predicted molar refractivity (Wildman–Crippen MR) is 75.2 cm³/mol. The summed E-state index contributed by atoms with van der Waals surface area (Å²) in [6.07, 6.45) is 4.02. The Hall–Kier alpha value is -1.16. The summed E-state index contributed by atoms with van der Waals surface area (Å²) in [5, 5.41) is 4.40. The number of fused-ring (bicyclic) bond motifs is 1. The predicted octanol–water partition coefficient (Wildman–Crippen LogP) is 3.99. The highest BCUT2D eigenvalue weighted by Gasteiger charge is 2.06. The van der Waals surface area contributed by atoms with Gasteiger partial charge in [-0.15, -0.1) is 0 Å². The van der Waals surface area contributed by atoms with E-state index < -0.39 is 0 Å². The van der Waals surface area contributed by atoms with Crippen LogP contribution < -0.4 is 5.32 Å². The minimum atomic E-state index is 0.444. The SMILES string of the molecule is CCC(CC)Nc1ncc2c(Br)cccc2n1. The number of hydrogen-bond acceptors (Lipinski definition) is 3. The van der Waals surface area contributed by atoms with Crippen molar-refractivity contribution in [3.05, 3.63) is 28.9 Å². The zero-order valence-corrected chi connectivity index (χ0v) is 11.7. The van der Waals surface area contributed by atoms with E-state index in [-0.39, 0.29) is 0 Å². The second kappa shape index (κ2) is 5.45. The normalized spacial score (nSPS) is 11.1. The van der Waals surface area contributed by atoms with Crippen molar-refractivity contribution in [3.63, 3.8) is 0 Å². The van der Waals surface area contributed by atoms with Gasteiger partial charge in [-0.05, 0) is 25.0 Å². The number of benzene rings is 1. The van der Waals surface area contributed by atoms with Crippen LogP contribution in [-0.2, 0) is 0 Å². The molecule has 4 heteroatoms. The smallest absolute Gasteiger partial charge is 0.223 e. The zero-order valence-electron chi connectivity index (χ0n) is 10.1. The van der Waals surface area contributed by atoms with Crippen LogP contribution in [0.1, 0.15) is 26.7 Å². The first-order valence-electron chi connectivity index (χ1n) is 5.92. The van der Waals surface area contributed by atoms with Gasteiger partial charge in [0.05, 0.1) is 5.52 Å². The van der Waals surface area contributed by atoms with E-state index in [2.05, 4.69) is 45.1 Å². The lowest BCUT2D eigenvalue weighted by molar-refractivity contribution is 0.665. The molecule has 0 bridgehead atoms. The molecule has 0 fully saturated rings. The lowest BCUT2D eigenvalue weighted by Crippen LogP contribution is -2.18. The van der Waals surface area contributed by atoms with E-state index in [9.17, 15) is 0 Å². The Bertz CT molecular complexity index is 509. The first kappa shape index (κ1) is 12.3. The van der Waals surface area contributed by atoms with Gasteiger partial charge in [-0.3, -0.25) is 0 Å². The maximum atomic E-state index is 4.52. The number of rotatable bonds is 4. The van der Waals surface area contributed by atoms with Gasteiger partial charge < -0.3 is 5.32 Å². The van der Waals surface area contributed by atoms with Crippen molar-refractivity contribution in [2.45, 2.75) is 32.7 Å². The largest absolute Gasteiger partial charge is 0.351 e. The zero-order chi connectivity index (χ0) is 12.3. The number of aromatic nitrogens is 2. The fraction of sp³-hybridized carbons (Fsp3) is 0.385. The van der Waals surface area contributed by atoms with Crippen LogP contribution in [0.3, 0.4) is 0 Å². The van der Waals surface area contributed by atoms with Crippen molar-refractivity contribution in [2.24, 2.45) is 0 Å². The molecular weight excluding hydrogens is 278 g/mol. The number of halogens is 1. The third-order valence-electron chi connectivity index (χ3n) is 2.89. The summed E-state index contributed by atoms with van der Waals surface area (Å²) < 4.78 is 1.03.